The third-order valence-electron chi connectivity index (χ3n) is 3.70. The zero-order valence-electron chi connectivity index (χ0n) is 9.12. The molecule has 0 saturated heterocycles. The quantitative estimate of drug-likeness (QED) is 0.689. The zero-order chi connectivity index (χ0) is 10.4. The first kappa shape index (κ1) is 9.43. The number of benzene rings is 1. The van der Waals surface area contributed by atoms with E-state index in [0.29, 0.717) is 6.54 Å². The van der Waals surface area contributed by atoms with Gasteiger partial charge >= 0.3 is 6.92 Å². The fraction of sp³-hybridized carbons (Fsp3) is 0.500. The first-order valence-electron chi connectivity index (χ1n) is 5.81. The fourth-order valence-electron chi connectivity index (χ4n) is 3.04. The molecule has 1 aromatic rings. The molecule has 78 valence electrons. The van der Waals surface area contributed by atoms with Gasteiger partial charge in [-0.25, -0.2) is 0 Å². The lowest BCUT2D eigenvalue weighted by Crippen LogP contribution is -2.28. The third-order valence-corrected chi connectivity index (χ3v) is 3.70. The molecule has 0 aromatic heterocycles. The lowest BCUT2D eigenvalue weighted by molar-refractivity contribution is 0.235. The van der Waals surface area contributed by atoms with Gasteiger partial charge in [0.2, 0.25) is 0 Å². The molecule has 2 nitrogen and oxygen atoms in total. The summed E-state index contributed by atoms with van der Waals surface area (Å²) in [5, 5.41) is 0. The smallest absolute Gasteiger partial charge is 0.325 e. The van der Waals surface area contributed by atoms with Crippen LogP contribution in [-0.2, 0) is 17.5 Å². The van der Waals surface area contributed by atoms with Crippen LogP contribution in [0.1, 0.15) is 29.2 Å². The highest BCUT2D eigenvalue weighted by Gasteiger charge is 2.34. The predicted molar refractivity (Wildman–Crippen MR) is 62.6 cm³/mol. The summed E-state index contributed by atoms with van der Waals surface area (Å²) in [6.07, 6.45) is 3.89. The minimum absolute atomic E-state index is 0.126. The lowest BCUT2D eigenvalue weighted by atomic mass is 9.62. The molecule has 0 amide bonds. The molecule has 1 aliphatic carbocycles. The number of aryl methyl sites for hydroxylation is 1. The number of hydrogen-bond donors (Lipinski definition) is 1. The van der Waals surface area contributed by atoms with Crippen molar-refractivity contribution in [2.75, 3.05) is 6.54 Å². The van der Waals surface area contributed by atoms with Gasteiger partial charge in [-0.05, 0) is 41.4 Å². The normalized spacial score (nSPS) is 23.1. The van der Waals surface area contributed by atoms with Crippen molar-refractivity contribution in [1.29, 1.82) is 0 Å². The van der Waals surface area contributed by atoms with E-state index in [1.165, 1.54) is 35.9 Å². The van der Waals surface area contributed by atoms with Crippen molar-refractivity contribution in [3.63, 3.8) is 0 Å². The van der Waals surface area contributed by atoms with Crippen molar-refractivity contribution >= 4 is 12.4 Å². The van der Waals surface area contributed by atoms with Crippen LogP contribution in [0.5, 0.6) is 0 Å². The van der Waals surface area contributed by atoms with Gasteiger partial charge < -0.3 is 10.4 Å². The van der Waals surface area contributed by atoms with Crippen LogP contribution in [0, 0.1) is 0 Å². The third kappa shape index (κ3) is 1.26. The summed E-state index contributed by atoms with van der Waals surface area (Å²) in [6, 6.07) is 4.49. The Morgan fingerprint density at radius 1 is 1.47 bits per heavy atom. The minimum Gasteiger partial charge on any atom is -0.423 e. The molecule has 3 heteroatoms. The Balaban J connectivity index is 2.16. The van der Waals surface area contributed by atoms with E-state index >= 15 is 0 Å². The van der Waals surface area contributed by atoms with E-state index in [0.717, 1.165) is 0 Å². The van der Waals surface area contributed by atoms with Crippen LogP contribution in [0.4, 0.5) is 0 Å². The molecule has 3 rings (SSSR count). The maximum Gasteiger partial charge on any atom is 0.325 e. The summed E-state index contributed by atoms with van der Waals surface area (Å²) in [6.45, 7) is 2.98. The van der Waals surface area contributed by atoms with E-state index in [-0.39, 0.29) is 13.0 Å². The van der Waals surface area contributed by atoms with E-state index in [1.54, 1.807) is 5.56 Å². The molecule has 0 radical (unpaired) electrons. The molecule has 15 heavy (non-hydrogen) atoms. The molecule has 0 saturated carbocycles. The molecule has 1 aliphatic heterocycles. The molecule has 2 N–H and O–H groups in total. The van der Waals surface area contributed by atoms with Gasteiger partial charge in [0.15, 0.2) is 0 Å². The number of hydrogen-bond acceptors (Lipinski definition) is 2. The summed E-state index contributed by atoms with van der Waals surface area (Å²) in [4.78, 5) is 0. The van der Waals surface area contributed by atoms with E-state index in [9.17, 15) is 0 Å². The second-order valence-corrected chi connectivity index (χ2v) is 4.56. The first-order valence-corrected chi connectivity index (χ1v) is 5.81. The molecule has 0 fully saturated rings. The molecule has 0 bridgehead atoms. The van der Waals surface area contributed by atoms with Crippen LogP contribution in [0.3, 0.4) is 0 Å². The van der Waals surface area contributed by atoms with Crippen LogP contribution in [0.25, 0.3) is 0 Å². The Hall–Kier alpha value is -0.795. The topological polar surface area (TPSA) is 35.2 Å². The van der Waals surface area contributed by atoms with Crippen molar-refractivity contribution in [1.82, 2.24) is 0 Å². The van der Waals surface area contributed by atoms with Gasteiger partial charge in [-0.1, -0.05) is 19.0 Å². The summed E-state index contributed by atoms with van der Waals surface area (Å²) < 4.78 is 5.88. The van der Waals surface area contributed by atoms with Gasteiger partial charge in [0, 0.05) is 6.54 Å². The number of nitrogens with two attached hydrogens (primary N) is 1. The Bertz CT molecular complexity index is 405. The summed E-state index contributed by atoms with van der Waals surface area (Å²) in [5.41, 5.74) is 11.6. The minimum atomic E-state index is 0.126. The Morgan fingerprint density at radius 2 is 2.33 bits per heavy atom. The van der Waals surface area contributed by atoms with Gasteiger partial charge in [0.1, 0.15) is 0 Å². The van der Waals surface area contributed by atoms with Gasteiger partial charge in [0.25, 0.3) is 0 Å². The molecule has 1 aromatic carbocycles. The summed E-state index contributed by atoms with van der Waals surface area (Å²) in [7, 11) is 0. The van der Waals surface area contributed by atoms with Crippen LogP contribution in [0.15, 0.2) is 12.1 Å². The van der Waals surface area contributed by atoms with Crippen molar-refractivity contribution in [3.8, 4) is 0 Å². The average molecular weight is 201 g/mol. The van der Waals surface area contributed by atoms with Gasteiger partial charge in [-0.2, -0.15) is 0 Å². The molecule has 0 spiro atoms. The maximum absolute atomic E-state index is 5.88. The maximum atomic E-state index is 5.88. The van der Waals surface area contributed by atoms with Gasteiger partial charge in [0.05, 0.1) is 6.10 Å². The van der Waals surface area contributed by atoms with Crippen LogP contribution < -0.4 is 11.2 Å². The molecule has 1 unspecified atom stereocenters. The summed E-state index contributed by atoms with van der Waals surface area (Å²) in [5.74, 6) is 0. The van der Waals surface area contributed by atoms with Crippen LogP contribution in [0.2, 0.25) is 6.82 Å². The van der Waals surface area contributed by atoms with Crippen LogP contribution in [-0.4, -0.2) is 13.5 Å². The van der Waals surface area contributed by atoms with Crippen molar-refractivity contribution in [2.24, 2.45) is 5.73 Å². The Kier molecular flexibility index (Phi) is 2.11. The standard InChI is InChI=1S/C12H16BNO/c1-13-12-9-4-2-3-8(9)5-6-10(12)11(7-14)15-13/h5-6,11H,2-4,7,14H2,1H3. The second-order valence-electron chi connectivity index (χ2n) is 4.56. The number of rotatable bonds is 1. The monoisotopic (exact) mass is 201 g/mol. The largest absolute Gasteiger partial charge is 0.423 e. The fourth-order valence-corrected chi connectivity index (χ4v) is 3.04. The molecule has 2 aliphatic rings. The second kappa shape index (κ2) is 3.36. The lowest BCUT2D eigenvalue weighted by Gasteiger charge is -2.10. The predicted octanol–water partition coefficient (Wildman–Crippen LogP) is 1.03. The first-order chi connectivity index (χ1) is 7.31. The highest BCUT2D eigenvalue weighted by Crippen LogP contribution is 2.30. The van der Waals surface area contributed by atoms with E-state index in [4.69, 9.17) is 10.4 Å². The van der Waals surface area contributed by atoms with Crippen molar-refractivity contribution in [3.05, 3.63) is 28.8 Å². The number of fused-ring (bicyclic) bond motifs is 3. The van der Waals surface area contributed by atoms with E-state index < -0.39 is 0 Å². The SMILES string of the molecule is CB1OC(CN)c2ccc3c(c21)CCC3. The highest BCUT2D eigenvalue weighted by molar-refractivity contribution is 6.68. The average Bonchev–Trinajstić information content (AvgIpc) is 2.81. The van der Waals surface area contributed by atoms with Crippen molar-refractivity contribution < 1.29 is 4.65 Å². The Morgan fingerprint density at radius 3 is 3.13 bits per heavy atom. The molecule has 1 heterocycles. The van der Waals surface area contributed by atoms with Gasteiger partial charge in [-0.3, -0.25) is 0 Å². The summed E-state index contributed by atoms with van der Waals surface area (Å²) >= 11 is 0. The van der Waals surface area contributed by atoms with E-state index in [2.05, 4.69) is 19.0 Å². The Labute approximate surface area is 90.9 Å². The zero-order valence-corrected chi connectivity index (χ0v) is 9.12. The molecule has 1 atom stereocenters. The van der Waals surface area contributed by atoms with Crippen LogP contribution >= 0.6 is 0 Å². The molecular formula is C12H16BNO. The van der Waals surface area contributed by atoms with Gasteiger partial charge in [-0.15, -0.1) is 0 Å². The van der Waals surface area contributed by atoms with Crippen molar-refractivity contribution in [2.45, 2.75) is 32.2 Å². The van der Waals surface area contributed by atoms with E-state index in [1.807, 2.05) is 0 Å². The highest BCUT2D eigenvalue weighted by atomic mass is 16.5. The molecular weight excluding hydrogens is 185 g/mol.